The van der Waals surface area contributed by atoms with E-state index in [1.807, 2.05) is 79.7 Å². The molecule has 3 aromatic rings. The van der Waals surface area contributed by atoms with Gasteiger partial charge in [-0.25, -0.2) is 0 Å². The molecule has 0 heterocycles. The monoisotopic (exact) mass is 373 g/mol. The molecular weight excluding hydrogens is 350 g/mol. The van der Waals surface area contributed by atoms with Gasteiger partial charge in [-0.3, -0.25) is 9.59 Å². The molecule has 0 fully saturated rings. The summed E-state index contributed by atoms with van der Waals surface area (Å²) >= 11 is 0. The Morgan fingerprint density at radius 1 is 0.750 bits per heavy atom. The number of nitrogens with one attached hydrogen (secondary N) is 3. The second-order valence-electron chi connectivity index (χ2n) is 6.67. The van der Waals surface area contributed by atoms with Crippen LogP contribution in [-0.4, -0.2) is 11.8 Å². The van der Waals surface area contributed by atoms with Gasteiger partial charge in [0.1, 0.15) is 0 Å². The predicted octanol–water partition coefficient (Wildman–Crippen LogP) is 4.88. The van der Waals surface area contributed by atoms with E-state index in [0.29, 0.717) is 6.42 Å². The van der Waals surface area contributed by atoms with E-state index in [2.05, 4.69) is 16.0 Å². The molecule has 28 heavy (non-hydrogen) atoms. The number of aryl methyl sites for hydroxylation is 1. The molecule has 0 aliphatic rings. The molecule has 5 heteroatoms. The highest BCUT2D eigenvalue weighted by molar-refractivity contribution is 5.92. The first-order valence-corrected chi connectivity index (χ1v) is 9.08. The normalized spacial score (nSPS) is 10.2. The van der Waals surface area contributed by atoms with Gasteiger partial charge in [-0.05, 0) is 55.0 Å². The van der Waals surface area contributed by atoms with Crippen LogP contribution in [0.5, 0.6) is 0 Å². The third-order valence-corrected chi connectivity index (χ3v) is 4.13. The van der Waals surface area contributed by atoms with E-state index in [4.69, 9.17) is 0 Å². The zero-order valence-electron chi connectivity index (χ0n) is 16.0. The fourth-order valence-electron chi connectivity index (χ4n) is 2.78. The summed E-state index contributed by atoms with van der Waals surface area (Å²) in [6.45, 7) is 3.50. The summed E-state index contributed by atoms with van der Waals surface area (Å²) in [5.41, 5.74) is 5.39. The van der Waals surface area contributed by atoms with Gasteiger partial charge in [0.25, 0.3) is 0 Å². The summed E-state index contributed by atoms with van der Waals surface area (Å²) in [6.07, 6.45) is 0.343. The number of amides is 2. The van der Waals surface area contributed by atoms with Crippen molar-refractivity contribution < 1.29 is 9.59 Å². The van der Waals surface area contributed by atoms with Crippen molar-refractivity contribution in [1.82, 2.24) is 0 Å². The molecule has 0 spiro atoms. The maximum absolute atomic E-state index is 12.2. The van der Waals surface area contributed by atoms with Crippen LogP contribution < -0.4 is 16.0 Å². The van der Waals surface area contributed by atoms with Crippen molar-refractivity contribution in [2.75, 3.05) is 16.0 Å². The third-order valence-electron chi connectivity index (χ3n) is 4.13. The van der Waals surface area contributed by atoms with Gasteiger partial charge in [0, 0.05) is 29.7 Å². The van der Waals surface area contributed by atoms with E-state index in [0.717, 1.165) is 28.3 Å². The molecule has 0 aliphatic carbocycles. The second kappa shape index (κ2) is 8.86. The molecule has 142 valence electrons. The van der Waals surface area contributed by atoms with Crippen molar-refractivity contribution in [3.8, 4) is 0 Å². The van der Waals surface area contributed by atoms with Gasteiger partial charge < -0.3 is 16.0 Å². The Hall–Kier alpha value is -3.60. The van der Waals surface area contributed by atoms with E-state index >= 15 is 0 Å². The van der Waals surface area contributed by atoms with Crippen LogP contribution in [0.4, 0.5) is 22.7 Å². The van der Waals surface area contributed by atoms with Crippen LogP contribution in [0.15, 0.2) is 72.8 Å². The van der Waals surface area contributed by atoms with E-state index in [-0.39, 0.29) is 11.8 Å². The van der Waals surface area contributed by atoms with Gasteiger partial charge in [0.2, 0.25) is 11.8 Å². The molecule has 3 aromatic carbocycles. The van der Waals surface area contributed by atoms with Gasteiger partial charge in [0.05, 0.1) is 6.42 Å². The average Bonchev–Trinajstić information content (AvgIpc) is 2.65. The molecule has 0 unspecified atom stereocenters. The lowest BCUT2D eigenvalue weighted by molar-refractivity contribution is -0.116. The molecule has 3 N–H and O–H groups in total. The summed E-state index contributed by atoms with van der Waals surface area (Å²) in [4.78, 5) is 23.4. The van der Waals surface area contributed by atoms with Crippen LogP contribution >= 0.6 is 0 Å². The fourth-order valence-corrected chi connectivity index (χ4v) is 2.78. The zero-order chi connectivity index (χ0) is 19.9. The first-order valence-electron chi connectivity index (χ1n) is 9.08. The largest absolute Gasteiger partial charge is 0.355 e. The molecule has 2 amide bonds. The van der Waals surface area contributed by atoms with Crippen molar-refractivity contribution in [2.24, 2.45) is 0 Å². The Kier molecular flexibility index (Phi) is 6.07. The average molecular weight is 373 g/mol. The first-order chi connectivity index (χ1) is 13.5. The molecule has 0 aromatic heterocycles. The topological polar surface area (TPSA) is 70.2 Å². The van der Waals surface area contributed by atoms with Crippen LogP contribution in [0.3, 0.4) is 0 Å². The first kappa shape index (κ1) is 19.2. The lowest BCUT2D eigenvalue weighted by atomic mass is 10.1. The molecule has 0 atom stereocenters. The Labute approximate surface area is 164 Å². The van der Waals surface area contributed by atoms with Crippen molar-refractivity contribution in [3.05, 3.63) is 83.9 Å². The van der Waals surface area contributed by atoms with E-state index in [1.165, 1.54) is 12.5 Å². The lowest BCUT2D eigenvalue weighted by Crippen LogP contribution is -2.14. The van der Waals surface area contributed by atoms with Crippen LogP contribution in [0, 0.1) is 6.92 Å². The number of anilines is 4. The van der Waals surface area contributed by atoms with E-state index in [1.54, 1.807) is 0 Å². The van der Waals surface area contributed by atoms with Crippen molar-refractivity contribution in [2.45, 2.75) is 20.3 Å². The standard InChI is InChI=1S/C23H23N3O2/c1-16-6-8-18(9-7-16)14-23(28)26-20-12-10-19(11-13-20)25-22-5-3-4-21(15-22)24-17(2)27/h3-13,15,25H,14H2,1-2H3,(H,24,27)(H,26,28). The van der Waals surface area contributed by atoms with Gasteiger partial charge >= 0.3 is 0 Å². The summed E-state index contributed by atoms with van der Waals surface area (Å²) < 4.78 is 0. The third kappa shape index (κ3) is 5.71. The van der Waals surface area contributed by atoms with E-state index < -0.39 is 0 Å². The van der Waals surface area contributed by atoms with Crippen LogP contribution in [0.2, 0.25) is 0 Å². The highest BCUT2D eigenvalue weighted by Gasteiger charge is 2.05. The maximum atomic E-state index is 12.2. The highest BCUT2D eigenvalue weighted by Crippen LogP contribution is 2.21. The SMILES string of the molecule is CC(=O)Nc1cccc(Nc2ccc(NC(=O)Cc3ccc(C)cc3)cc2)c1. The summed E-state index contributed by atoms with van der Waals surface area (Å²) in [5, 5.41) is 8.95. The summed E-state index contributed by atoms with van der Waals surface area (Å²) in [6, 6.07) is 22.9. The van der Waals surface area contributed by atoms with Crippen molar-refractivity contribution in [1.29, 1.82) is 0 Å². The van der Waals surface area contributed by atoms with Crippen LogP contribution in [0.1, 0.15) is 18.1 Å². The highest BCUT2D eigenvalue weighted by atomic mass is 16.2. The Bertz CT molecular complexity index is 964. The predicted molar refractivity (Wildman–Crippen MR) is 114 cm³/mol. The number of rotatable bonds is 6. The number of benzene rings is 3. The molecule has 0 radical (unpaired) electrons. The number of carbonyl (C=O) groups excluding carboxylic acids is 2. The molecule has 3 rings (SSSR count). The van der Waals surface area contributed by atoms with Gasteiger partial charge in [-0.2, -0.15) is 0 Å². The van der Waals surface area contributed by atoms with E-state index in [9.17, 15) is 9.59 Å². The number of carbonyl (C=O) groups is 2. The Morgan fingerprint density at radius 3 is 2.07 bits per heavy atom. The van der Waals surface area contributed by atoms with Gasteiger partial charge in [-0.15, -0.1) is 0 Å². The molecule has 0 aliphatic heterocycles. The fraction of sp³-hybridized carbons (Fsp3) is 0.130. The lowest BCUT2D eigenvalue weighted by Gasteiger charge is -2.10. The van der Waals surface area contributed by atoms with Gasteiger partial charge in [0.15, 0.2) is 0 Å². The second-order valence-corrected chi connectivity index (χ2v) is 6.67. The summed E-state index contributed by atoms with van der Waals surface area (Å²) in [7, 11) is 0. The Balaban J connectivity index is 1.58. The number of hydrogen-bond acceptors (Lipinski definition) is 3. The van der Waals surface area contributed by atoms with Crippen LogP contribution in [-0.2, 0) is 16.0 Å². The minimum Gasteiger partial charge on any atom is -0.355 e. The van der Waals surface area contributed by atoms with Crippen LogP contribution in [0.25, 0.3) is 0 Å². The van der Waals surface area contributed by atoms with Crippen molar-refractivity contribution in [3.63, 3.8) is 0 Å². The van der Waals surface area contributed by atoms with Crippen molar-refractivity contribution >= 4 is 34.6 Å². The number of hydrogen-bond donors (Lipinski definition) is 3. The summed E-state index contributed by atoms with van der Waals surface area (Å²) in [5.74, 6) is -0.157. The maximum Gasteiger partial charge on any atom is 0.228 e. The molecule has 0 saturated heterocycles. The minimum atomic E-state index is -0.108. The molecule has 5 nitrogen and oxygen atoms in total. The van der Waals surface area contributed by atoms with Gasteiger partial charge in [-0.1, -0.05) is 35.9 Å². The molecule has 0 bridgehead atoms. The molecule has 0 saturated carbocycles. The smallest absolute Gasteiger partial charge is 0.228 e. The zero-order valence-corrected chi connectivity index (χ0v) is 16.0. The quantitative estimate of drug-likeness (QED) is 0.577. The minimum absolute atomic E-state index is 0.0485. The Morgan fingerprint density at radius 2 is 1.39 bits per heavy atom. The molecular formula is C23H23N3O2.